The third-order valence-electron chi connectivity index (χ3n) is 10.5. The van der Waals surface area contributed by atoms with E-state index in [1.54, 1.807) is 0 Å². The van der Waals surface area contributed by atoms with Crippen LogP contribution in [-0.4, -0.2) is 37.2 Å². The van der Waals surface area contributed by atoms with E-state index in [9.17, 15) is 14.4 Å². The molecule has 0 aliphatic rings. The van der Waals surface area contributed by atoms with Crippen LogP contribution in [0.15, 0.2) is 0 Å². The zero-order valence-corrected chi connectivity index (χ0v) is 36.1. The second-order valence-corrected chi connectivity index (χ2v) is 17.0. The topological polar surface area (TPSA) is 78.9 Å². The van der Waals surface area contributed by atoms with Crippen molar-refractivity contribution in [2.75, 3.05) is 13.2 Å². The first-order valence-electron chi connectivity index (χ1n) is 23.2. The van der Waals surface area contributed by atoms with Gasteiger partial charge in [-0.05, 0) is 31.1 Å². The molecule has 0 rings (SSSR count). The van der Waals surface area contributed by atoms with Crippen molar-refractivity contribution in [3.8, 4) is 0 Å². The number of carbonyl (C=O) groups is 3. The van der Waals surface area contributed by atoms with Gasteiger partial charge in [0.25, 0.3) is 0 Å². The van der Waals surface area contributed by atoms with Crippen molar-refractivity contribution in [3.63, 3.8) is 0 Å². The highest BCUT2D eigenvalue weighted by atomic mass is 16.6. The predicted molar refractivity (Wildman–Crippen MR) is 224 cm³/mol. The van der Waals surface area contributed by atoms with Gasteiger partial charge in [0.05, 0.1) is 0 Å². The van der Waals surface area contributed by atoms with Crippen LogP contribution in [0.5, 0.6) is 0 Å². The van der Waals surface area contributed by atoms with Gasteiger partial charge in [-0.3, -0.25) is 14.4 Å². The van der Waals surface area contributed by atoms with Crippen LogP contribution in [-0.2, 0) is 28.6 Å². The predicted octanol–water partition coefficient (Wildman–Crippen LogP) is 14.6. The number of hydrogen-bond acceptors (Lipinski definition) is 6. The molecule has 0 amide bonds. The van der Waals surface area contributed by atoms with Gasteiger partial charge in [0.2, 0.25) is 0 Å². The van der Waals surface area contributed by atoms with E-state index in [1.807, 2.05) is 0 Å². The standard InChI is InChI=1S/C47H90O6/c1-6-7-8-9-10-11-12-13-14-15-18-21-27-32-37-45(48)51-40-44(41-52-46(49)38-33-28-24-23-26-31-36-43(4)5)53-47(50)39-34-29-22-19-16-17-20-25-30-35-42(2)3/h42-44H,6-41H2,1-5H3/t44-/m1/s1. The van der Waals surface area contributed by atoms with Crippen LogP contribution in [0.2, 0.25) is 0 Å². The molecule has 0 bridgehead atoms. The van der Waals surface area contributed by atoms with Gasteiger partial charge in [-0.1, -0.05) is 214 Å². The van der Waals surface area contributed by atoms with Gasteiger partial charge < -0.3 is 14.2 Å². The molecule has 0 spiro atoms. The van der Waals surface area contributed by atoms with E-state index in [4.69, 9.17) is 14.2 Å². The fourth-order valence-corrected chi connectivity index (χ4v) is 6.93. The molecule has 0 radical (unpaired) electrons. The molecule has 0 saturated heterocycles. The Morgan fingerprint density at radius 1 is 0.358 bits per heavy atom. The van der Waals surface area contributed by atoms with E-state index in [-0.39, 0.29) is 31.1 Å². The van der Waals surface area contributed by atoms with Gasteiger partial charge in [-0.25, -0.2) is 0 Å². The van der Waals surface area contributed by atoms with Crippen molar-refractivity contribution in [2.24, 2.45) is 11.8 Å². The van der Waals surface area contributed by atoms with Crippen LogP contribution in [0.3, 0.4) is 0 Å². The summed E-state index contributed by atoms with van der Waals surface area (Å²) in [5, 5.41) is 0. The van der Waals surface area contributed by atoms with Crippen LogP contribution in [0.25, 0.3) is 0 Å². The van der Waals surface area contributed by atoms with E-state index in [1.165, 1.54) is 141 Å². The highest BCUT2D eigenvalue weighted by Gasteiger charge is 2.19. The Balaban J connectivity index is 4.31. The smallest absolute Gasteiger partial charge is 0.306 e. The van der Waals surface area contributed by atoms with E-state index < -0.39 is 6.10 Å². The van der Waals surface area contributed by atoms with Gasteiger partial charge >= 0.3 is 17.9 Å². The minimum Gasteiger partial charge on any atom is -0.462 e. The largest absolute Gasteiger partial charge is 0.462 e. The molecule has 53 heavy (non-hydrogen) atoms. The summed E-state index contributed by atoms with van der Waals surface area (Å²) >= 11 is 0. The number of ether oxygens (including phenoxy) is 3. The molecule has 6 nitrogen and oxygen atoms in total. The van der Waals surface area contributed by atoms with Crippen LogP contribution < -0.4 is 0 Å². The summed E-state index contributed by atoms with van der Waals surface area (Å²) < 4.78 is 16.7. The highest BCUT2D eigenvalue weighted by Crippen LogP contribution is 2.16. The van der Waals surface area contributed by atoms with Gasteiger partial charge in [0.15, 0.2) is 6.10 Å². The summed E-state index contributed by atoms with van der Waals surface area (Å²) in [7, 11) is 0. The van der Waals surface area contributed by atoms with E-state index in [0.717, 1.165) is 69.6 Å². The average Bonchev–Trinajstić information content (AvgIpc) is 3.12. The molecule has 1 atom stereocenters. The molecule has 314 valence electrons. The zero-order chi connectivity index (χ0) is 39.0. The number of rotatable bonds is 41. The molecule has 0 N–H and O–H groups in total. The molecule has 0 aliphatic heterocycles. The van der Waals surface area contributed by atoms with E-state index in [2.05, 4.69) is 34.6 Å². The molecular weight excluding hydrogens is 661 g/mol. The lowest BCUT2D eigenvalue weighted by Gasteiger charge is -2.18. The van der Waals surface area contributed by atoms with Crippen LogP contribution >= 0.6 is 0 Å². The number of unbranched alkanes of at least 4 members (excludes halogenated alkanes) is 26. The molecule has 0 aromatic heterocycles. The quantitative estimate of drug-likeness (QED) is 0.0352. The normalized spacial score (nSPS) is 12.1. The van der Waals surface area contributed by atoms with Crippen molar-refractivity contribution in [1.29, 1.82) is 0 Å². The maximum Gasteiger partial charge on any atom is 0.306 e. The lowest BCUT2D eigenvalue weighted by Crippen LogP contribution is -2.30. The first-order valence-corrected chi connectivity index (χ1v) is 23.2. The minimum atomic E-state index is -0.761. The molecule has 0 unspecified atom stereocenters. The lowest BCUT2D eigenvalue weighted by atomic mass is 10.0. The van der Waals surface area contributed by atoms with Gasteiger partial charge in [-0.2, -0.15) is 0 Å². The Morgan fingerprint density at radius 3 is 0.925 bits per heavy atom. The molecule has 0 heterocycles. The van der Waals surface area contributed by atoms with Crippen molar-refractivity contribution >= 4 is 17.9 Å². The molecule has 0 aromatic carbocycles. The Morgan fingerprint density at radius 2 is 0.623 bits per heavy atom. The summed E-state index contributed by atoms with van der Waals surface area (Å²) in [6, 6.07) is 0. The third-order valence-corrected chi connectivity index (χ3v) is 10.5. The maximum absolute atomic E-state index is 12.7. The molecule has 0 aliphatic carbocycles. The van der Waals surface area contributed by atoms with Crippen LogP contribution in [0, 0.1) is 11.8 Å². The van der Waals surface area contributed by atoms with Crippen molar-refractivity contribution in [3.05, 3.63) is 0 Å². The van der Waals surface area contributed by atoms with Crippen molar-refractivity contribution < 1.29 is 28.6 Å². The Bertz CT molecular complexity index is 809. The molecule has 6 heteroatoms. The van der Waals surface area contributed by atoms with Crippen molar-refractivity contribution in [1.82, 2.24) is 0 Å². The molecule has 0 fully saturated rings. The summed E-state index contributed by atoms with van der Waals surface area (Å²) in [6.07, 6.45) is 38.1. The van der Waals surface area contributed by atoms with E-state index in [0.29, 0.717) is 19.3 Å². The Kier molecular flexibility index (Phi) is 38.9. The molecule has 0 aromatic rings. The fourth-order valence-electron chi connectivity index (χ4n) is 6.93. The van der Waals surface area contributed by atoms with Crippen molar-refractivity contribution in [2.45, 2.75) is 259 Å². The van der Waals surface area contributed by atoms with Crippen LogP contribution in [0.4, 0.5) is 0 Å². The highest BCUT2D eigenvalue weighted by molar-refractivity contribution is 5.71. The first kappa shape index (κ1) is 51.4. The average molecular weight is 751 g/mol. The number of esters is 3. The lowest BCUT2D eigenvalue weighted by molar-refractivity contribution is -0.167. The minimum absolute atomic E-state index is 0.0655. The summed E-state index contributed by atoms with van der Waals surface area (Å²) in [5.41, 5.74) is 0. The number of carbonyl (C=O) groups excluding carboxylic acids is 3. The van der Waals surface area contributed by atoms with Gasteiger partial charge in [0, 0.05) is 19.3 Å². The van der Waals surface area contributed by atoms with E-state index >= 15 is 0 Å². The monoisotopic (exact) mass is 751 g/mol. The Labute approximate surface area is 329 Å². The third kappa shape index (κ3) is 41.4. The second kappa shape index (κ2) is 40.1. The molecule has 0 saturated carbocycles. The second-order valence-electron chi connectivity index (χ2n) is 17.0. The fraction of sp³-hybridized carbons (Fsp3) is 0.936. The number of hydrogen-bond donors (Lipinski definition) is 0. The van der Waals surface area contributed by atoms with Gasteiger partial charge in [-0.15, -0.1) is 0 Å². The Hall–Kier alpha value is -1.59. The van der Waals surface area contributed by atoms with Gasteiger partial charge in [0.1, 0.15) is 13.2 Å². The first-order chi connectivity index (χ1) is 25.7. The summed E-state index contributed by atoms with van der Waals surface area (Å²) in [6.45, 7) is 11.3. The molecular formula is C47H90O6. The zero-order valence-electron chi connectivity index (χ0n) is 36.1. The van der Waals surface area contributed by atoms with Crippen LogP contribution in [0.1, 0.15) is 253 Å². The SMILES string of the molecule is CCCCCCCCCCCCCCCCC(=O)OC[C@H](COC(=O)CCCCCCCCC(C)C)OC(=O)CCCCCCCCCCCC(C)C. The summed E-state index contributed by atoms with van der Waals surface area (Å²) in [5.74, 6) is 0.708. The summed E-state index contributed by atoms with van der Waals surface area (Å²) in [4.78, 5) is 37.7. The maximum atomic E-state index is 12.7.